The van der Waals surface area contributed by atoms with Gasteiger partial charge in [0.2, 0.25) is 0 Å². The maximum atomic E-state index is 12.8. The fourth-order valence-electron chi connectivity index (χ4n) is 6.60. The van der Waals surface area contributed by atoms with Crippen LogP contribution in [0.1, 0.15) is 47.3 Å². The molecule has 1 aromatic heterocycles. The number of nitrogens with zero attached hydrogens (tertiary/aromatic N) is 2. The van der Waals surface area contributed by atoms with Crippen molar-refractivity contribution in [2.24, 2.45) is 0 Å². The molecule has 0 spiro atoms. The number of hydrogen-bond acceptors (Lipinski definition) is 21. The maximum absolute atomic E-state index is 12.8. The van der Waals surface area contributed by atoms with Crippen LogP contribution in [0.15, 0.2) is 70.2 Å². The molecule has 3 heterocycles. The molecule has 2 fully saturated rings. The lowest BCUT2D eigenvalue weighted by Crippen LogP contribution is -2.66. The predicted octanol–water partition coefficient (Wildman–Crippen LogP) is 3.62. The Hall–Kier alpha value is -5.94. The SMILES string of the molecule is CC(=O)OC[C@H]1O[C@@H](O[C@H]2[C@H](OC(C)=O)[C@@H](OC(C)=O)[C@H](Sc3ccc([N+](=O)[O-])cc3)O[C@@H]2COC(C)=O)[C@H](OC(C)=O)[C@@H](OCc2oncc2-c2ccccc2)[C@H]1OC(C)=O. The minimum atomic E-state index is -1.78. The molecule has 0 unspecified atom stereocenters. The summed E-state index contributed by atoms with van der Waals surface area (Å²) in [6.07, 6.45) is -12.3. The van der Waals surface area contributed by atoms with Gasteiger partial charge in [-0.2, -0.15) is 0 Å². The highest BCUT2D eigenvalue weighted by molar-refractivity contribution is 7.99. The molecule has 0 amide bonds. The molecule has 62 heavy (non-hydrogen) atoms. The Balaban J connectivity index is 1.58. The summed E-state index contributed by atoms with van der Waals surface area (Å²) in [6, 6.07) is 14.4. The van der Waals surface area contributed by atoms with Crippen molar-refractivity contribution in [2.45, 2.75) is 114 Å². The summed E-state index contributed by atoms with van der Waals surface area (Å²) in [5.74, 6) is -4.67. The summed E-state index contributed by atoms with van der Waals surface area (Å²) in [5, 5.41) is 15.2. The smallest absolute Gasteiger partial charge is 0.303 e. The quantitative estimate of drug-likeness (QED) is 0.0811. The molecule has 10 atom stereocenters. The van der Waals surface area contributed by atoms with Crippen LogP contribution < -0.4 is 0 Å². The molecule has 21 nitrogen and oxygen atoms in total. The Morgan fingerprint density at radius 1 is 0.661 bits per heavy atom. The van der Waals surface area contributed by atoms with E-state index in [1.807, 2.05) is 18.2 Å². The number of benzene rings is 2. The Bertz CT molecular complexity index is 2060. The lowest BCUT2D eigenvalue weighted by Gasteiger charge is -2.49. The fourth-order valence-corrected chi connectivity index (χ4v) is 7.71. The number of aromatic nitrogens is 1. The van der Waals surface area contributed by atoms with Crippen molar-refractivity contribution in [2.75, 3.05) is 13.2 Å². The molecule has 0 saturated carbocycles. The lowest BCUT2D eigenvalue weighted by molar-refractivity contribution is -0.384. The number of nitro benzene ring substituents is 1. The van der Waals surface area contributed by atoms with Crippen LogP contribution in [-0.2, 0) is 82.7 Å². The van der Waals surface area contributed by atoms with Gasteiger partial charge in [-0.15, -0.1) is 0 Å². The standard InChI is InChI=1S/C40H44N2O19S/c1-20(43)51-18-31-33(54-22(3)45)35(53-17-30-29(16-41-61-30)26-10-8-7-9-11-26)37(56-24(5)47)39(58-31)60-34-32(19-52-21(2)44)59-40(38(57-25(6)48)36(34)55-23(4)46)62-28-14-12-27(13-15-28)42(49)50/h7-16,31-40H,17-19H2,1-6H3/t31-,32-,33+,34-,35+,36+,37-,38-,39+,40+/m1/s1. The van der Waals surface area contributed by atoms with Crippen molar-refractivity contribution in [3.05, 3.63) is 76.7 Å². The van der Waals surface area contributed by atoms with Crippen LogP contribution in [0.2, 0.25) is 0 Å². The zero-order valence-corrected chi connectivity index (χ0v) is 35.0. The van der Waals surface area contributed by atoms with Crippen LogP contribution in [0.5, 0.6) is 0 Å². The Kier molecular flexibility index (Phi) is 16.5. The van der Waals surface area contributed by atoms with E-state index < -0.39 is 115 Å². The third-order valence-corrected chi connectivity index (χ3v) is 10.2. The van der Waals surface area contributed by atoms with E-state index in [9.17, 15) is 38.9 Å². The first-order chi connectivity index (χ1) is 29.5. The number of nitro groups is 1. The molecular formula is C40H44N2O19S. The van der Waals surface area contributed by atoms with E-state index >= 15 is 0 Å². The van der Waals surface area contributed by atoms with Crippen LogP contribution in [-0.4, -0.2) is 120 Å². The second-order valence-corrected chi connectivity index (χ2v) is 14.9. The number of carbonyl (C=O) groups excluding carboxylic acids is 6. The summed E-state index contributed by atoms with van der Waals surface area (Å²) in [7, 11) is 0. The molecule has 0 N–H and O–H groups in total. The molecular weight excluding hydrogens is 845 g/mol. The van der Waals surface area contributed by atoms with Crippen molar-refractivity contribution in [1.29, 1.82) is 0 Å². The first kappa shape index (κ1) is 47.1. The number of non-ortho nitro benzene ring substituents is 1. The van der Waals surface area contributed by atoms with Crippen LogP contribution in [0.4, 0.5) is 5.69 Å². The van der Waals surface area contributed by atoms with Crippen LogP contribution >= 0.6 is 11.8 Å². The van der Waals surface area contributed by atoms with E-state index in [1.165, 1.54) is 30.5 Å². The highest BCUT2D eigenvalue weighted by Crippen LogP contribution is 2.40. The van der Waals surface area contributed by atoms with Crippen LogP contribution in [0, 0.1) is 10.1 Å². The highest BCUT2D eigenvalue weighted by atomic mass is 32.2. The molecule has 22 heteroatoms. The minimum absolute atomic E-state index is 0.202. The van der Waals surface area contributed by atoms with E-state index in [0.29, 0.717) is 10.5 Å². The normalized spacial score (nSPS) is 25.7. The number of rotatable bonds is 17. The van der Waals surface area contributed by atoms with Gasteiger partial charge >= 0.3 is 35.8 Å². The van der Waals surface area contributed by atoms with Gasteiger partial charge < -0.3 is 51.9 Å². The largest absolute Gasteiger partial charge is 0.463 e. The first-order valence-corrected chi connectivity index (χ1v) is 19.8. The van der Waals surface area contributed by atoms with Gasteiger partial charge in [0.25, 0.3) is 5.69 Å². The highest BCUT2D eigenvalue weighted by Gasteiger charge is 2.57. The summed E-state index contributed by atoms with van der Waals surface area (Å²) >= 11 is 0.941. The van der Waals surface area contributed by atoms with Gasteiger partial charge in [0, 0.05) is 64.1 Å². The number of esters is 6. The molecule has 0 aliphatic carbocycles. The van der Waals surface area contributed by atoms with Gasteiger partial charge in [-0.25, -0.2) is 0 Å². The van der Waals surface area contributed by atoms with Crippen molar-refractivity contribution < 1.29 is 85.6 Å². The Morgan fingerprint density at radius 2 is 1.21 bits per heavy atom. The Labute approximate surface area is 358 Å². The molecule has 2 aliphatic heterocycles. The van der Waals surface area contributed by atoms with E-state index in [2.05, 4.69) is 5.16 Å². The van der Waals surface area contributed by atoms with Crippen LogP contribution in [0.3, 0.4) is 0 Å². The summed E-state index contributed by atoms with van der Waals surface area (Å²) in [6.45, 7) is 5.16. The zero-order valence-electron chi connectivity index (χ0n) is 34.2. The van der Waals surface area contributed by atoms with Gasteiger partial charge in [-0.05, 0) is 17.7 Å². The first-order valence-electron chi connectivity index (χ1n) is 18.9. The molecule has 334 valence electrons. The summed E-state index contributed by atoms with van der Waals surface area (Å²) in [4.78, 5) is 86.3. The number of carbonyl (C=O) groups is 6. The van der Waals surface area contributed by atoms with Gasteiger partial charge in [0.05, 0.1) is 11.1 Å². The second kappa shape index (κ2) is 21.7. The third kappa shape index (κ3) is 12.8. The minimum Gasteiger partial charge on any atom is -0.463 e. The van der Waals surface area contributed by atoms with Gasteiger partial charge in [-0.3, -0.25) is 38.9 Å². The van der Waals surface area contributed by atoms with E-state index in [0.717, 1.165) is 58.9 Å². The van der Waals surface area contributed by atoms with Gasteiger partial charge in [0.15, 0.2) is 36.5 Å². The monoisotopic (exact) mass is 888 g/mol. The topological polar surface area (TPSA) is 264 Å². The van der Waals surface area contributed by atoms with E-state index in [4.69, 9.17) is 51.9 Å². The van der Waals surface area contributed by atoms with Crippen molar-refractivity contribution in [3.8, 4) is 11.1 Å². The Morgan fingerprint density at radius 3 is 1.77 bits per heavy atom. The predicted molar refractivity (Wildman–Crippen MR) is 207 cm³/mol. The molecule has 5 rings (SSSR count). The maximum Gasteiger partial charge on any atom is 0.303 e. The molecule has 2 aliphatic rings. The number of thioether (sulfide) groups is 1. The summed E-state index contributed by atoms with van der Waals surface area (Å²) < 4.78 is 64.6. The summed E-state index contributed by atoms with van der Waals surface area (Å²) in [5.41, 5.74) is -0.165. The zero-order chi connectivity index (χ0) is 45.1. The van der Waals surface area contributed by atoms with Crippen LogP contribution in [0.25, 0.3) is 11.1 Å². The molecule has 3 aromatic rings. The molecule has 2 saturated heterocycles. The third-order valence-electron chi connectivity index (χ3n) is 9.02. The fraction of sp³-hybridized carbons (Fsp3) is 0.475. The van der Waals surface area contributed by atoms with Gasteiger partial charge in [0.1, 0.15) is 49.7 Å². The number of ether oxygens (including phenoxy) is 10. The van der Waals surface area contributed by atoms with Gasteiger partial charge in [-0.1, -0.05) is 47.3 Å². The molecule has 2 aromatic carbocycles. The van der Waals surface area contributed by atoms with Crippen molar-refractivity contribution in [1.82, 2.24) is 5.16 Å². The lowest BCUT2D eigenvalue weighted by atomic mass is 9.96. The average Bonchev–Trinajstić information content (AvgIpc) is 3.68. The number of hydrogen-bond donors (Lipinski definition) is 0. The van der Waals surface area contributed by atoms with E-state index in [-0.39, 0.29) is 18.1 Å². The van der Waals surface area contributed by atoms with Crippen molar-refractivity contribution in [3.63, 3.8) is 0 Å². The molecule has 0 bridgehead atoms. The molecule has 0 radical (unpaired) electrons. The van der Waals surface area contributed by atoms with E-state index in [1.54, 1.807) is 12.1 Å². The average molecular weight is 889 g/mol. The van der Waals surface area contributed by atoms with Crippen molar-refractivity contribution >= 4 is 53.3 Å². The second-order valence-electron chi connectivity index (χ2n) is 13.8.